The average Bonchev–Trinajstić information content (AvgIpc) is 2.21. The maximum Gasteiger partial charge on any atom is 0.0189 e. The van der Waals surface area contributed by atoms with E-state index in [4.69, 9.17) is 0 Å². The molecule has 0 aliphatic rings. The van der Waals surface area contributed by atoms with E-state index in [0.717, 1.165) is 25.9 Å². The van der Waals surface area contributed by atoms with Crippen LogP contribution in [-0.2, 0) is 0 Å². The van der Waals surface area contributed by atoms with Gasteiger partial charge >= 0.3 is 0 Å². The van der Waals surface area contributed by atoms with E-state index < -0.39 is 0 Å². The van der Waals surface area contributed by atoms with E-state index >= 15 is 0 Å². The van der Waals surface area contributed by atoms with Gasteiger partial charge in [0.15, 0.2) is 0 Å². The molecule has 0 radical (unpaired) electrons. The summed E-state index contributed by atoms with van der Waals surface area (Å²) >= 11 is 0. The third-order valence-corrected chi connectivity index (χ3v) is 1.97. The van der Waals surface area contributed by atoms with Crippen LogP contribution in [0.2, 0.25) is 0 Å². The van der Waals surface area contributed by atoms with Crippen LogP contribution in [0.5, 0.6) is 0 Å². The molecule has 14 heavy (non-hydrogen) atoms. The van der Waals surface area contributed by atoms with Gasteiger partial charge in [0, 0.05) is 13.1 Å². The minimum absolute atomic E-state index is 0.591. The number of rotatable bonds is 9. The molecule has 0 unspecified atom stereocenters. The van der Waals surface area contributed by atoms with Crippen LogP contribution in [0.15, 0.2) is 37.7 Å². The lowest BCUT2D eigenvalue weighted by molar-refractivity contribution is 0.497. The number of allylic oxidation sites excluding steroid dienone is 2. The van der Waals surface area contributed by atoms with Crippen molar-refractivity contribution in [2.24, 2.45) is 5.92 Å². The van der Waals surface area contributed by atoms with Crippen LogP contribution in [0.25, 0.3) is 0 Å². The molecule has 2 N–H and O–H groups in total. The Morgan fingerprint density at radius 3 is 2.07 bits per heavy atom. The fourth-order valence-electron chi connectivity index (χ4n) is 1.19. The Kier molecular flexibility index (Phi) is 9.07. The van der Waals surface area contributed by atoms with Gasteiger partial charge in [-0.2, -0.15) is 0 Å². The molecular weight excluding hydrogens is 172 g/mol. The molecule has 0 aliphatic heterocycles. The third kappa shape index (κ3) is 7.47. The average molecular weight is 194 g/mol. The fraction of sp³-hybridized carbons (Fsp3) is 0.500. The van der Waals surface area contributed by atoms with Gasteiger partial charge in [-0.3, -0.25) is 0 Å². The minimum Gasteiger partial charge on any atom is -0.391 e. The van der Waals surface area contributed by atoms with E-state index in [2.05, 4.69) is 42.9 Å². The van der Waals surface area contributed by atoms with E-state index in [-0.39, 0.29) is 0 Å². The lowest BCUT2D eigenvalue weighted by Gasteiger charge is -2.14. The highest BCUT2D eigenvalue weighted by Gasteiger charge is 2.03. The first-order chi connectivity index (χ1) is 6.85. The molecule has 0 saturated carbocycles. The molecular formula is C12H22N2. The minimum atomic E-state index is 0.591. The van der Waals surface area contributed by atoms with Crippen LogP contribution in [-0.4, -0.2) is 13.1 Å². The first-order valence-electron chi connectivity index (χ1n) is 5.18. The Labute approximate surface area is 87.8 Å². The van der Waals surface area contributed by atoms with E-state index in [1.54, 1.807) is 12.4 Å². The molecule has 0 aliphatic carbocycles. The lowest BCUT2D eigenvalue weighted by atomic mass is 10.1. The molecule has 2 heteroatoms. The molecule has 0 amide bonds. The number of nitrogens with one attached hydrogen (secondary N) is 2. The van der Waals surface area contributed by atoms with Crippen molar-refractivity contribution in [2.45, 2.75) is 19.8 Å². The van der Waals surface area contributed by atoms with Gasteiger partial charge in [0.05, 0.1) is 0 Å². The lowest BCUT2D eigenvalue weighted by Crippen LogP contribution is -2.26. The highest BCUT2D eigenvalue weighted by Crippen LogP contribution is 2.02. The van der Waals surface area contributed by atoms with Crippen LogP contribution in [0, 0.1) is 5.92 Å². The van der Waals surface area contributed by atoms with E-state index in [1.165, 1.54) is 0 Å². The van der Waals surface area contributed by atoms with Crippen molar-refractivity contribution in [3.8, 4) is 0 Å². The zero-order valence-electron chi connectivity index (χ0n) is 9.13. The SMILES string of the molecule is C=CNCC(C/C=C\CC)CNC=C. The standard InChI is InChI=1S/C12H22N2/c1-4-7-8-9-12(10-13-5-2)11-14-6-3/h5-8,12-14H,2-4,9-11H2,1H3/b8-7-. The second kappa shape index (κ2) is 9.90. The molecule has 0 bridgehead atoms. The molecule has 0 aromatic rings. The molecule has 0 aromatic carbocycles. The summed E-state index contributed by atoms with van der Waals surface area (Å²) in [6, 6.07) is 0. The molecule has 0 saturated heterocycles. The number of hydrogen-bond donors (Lipinski definition) is 2. The van der Waals surface area contributed by atoms with Gasteiger partial charge in [0.1, 0.15) is 0 Å². The largest absolute Gasteiger partial charge is 0.391 e. The molecule has 0 fully saturated rings. The third-order valence-electron chi connectivity index (χ3n) is 1.97. The Morgan fingerprint density at radius 1 is 1.07 bits per heavy atom. The molecule has 80 valence electrons. The van der Waals surface area contributed by atoms with Crippen LogP contribution in [0.1, 0.15) is 19.8 Å². The zero-order chi connectivity index (χ0) is 10.6. The van der Waals surface area contributed by atoms with Gasteiger partial charge in [-0.1, -0.05) is 32.2 Å². The van der Waals surface area contributed by atoms with E-state index in [9.17, 15) is 0 Å². The molecule has 0 heterocycles. The fourth-order valence-corrected chi connectivity index (χ4v) is 1.19. The van der Waals surface area contributed by atoms with Gasteiger partial charge < -0.3 is 10.6 Å². The summed E-state index contributed by atoms with van der Waals surface area (Å²) in [7, 11) is 0. The molecule has 0 atom stereocenters. The summed E-state index contributed by atoms with van der Waals surface area (Å²) in [5.74, 6) is 0.591. The van der Waals surface area contributed by atoms with Crippen molar-refractivity contribution in [1.82, 2.24) is 10.6 Å². The van der Waals surface area contributed by atoms with Gasteiger partial charge in [-0.05, 0) is 31.2 Å². The Bertz CT molecular complexity index is 161. The summed E-state index contributed by atoms with van der Waals surface area (Å²) in [6.07, 6.45) is 10.1. The van der Waals surface area contributed by atoms with Crippen molar-refractivity contribution < 1.29 is 0 Å². The summed E-state index contributed by atoms with van der Waals surface area (Å²) < 4.78 is 0. The topological polar surface area (TPSA) is 24.1 Å². The van der Waals surface area contributed by atoms with Crippen LogP contribution in [0.3, 0.4) is 0 Å². The van der Waals surface area contributed by atoms with Crippen LogP contribution >= 0.6 is 0 Å². The second-order valence-electron chi connectivity index (χ2n) is 3.21. The molecule has 0 aromatic heterocycles. The van der Waals surface area contributed by atoms with Crippen LogP contribution < -0.4 is 10.6 Å². The van der Waals surface area contributed by atoms with Crippen LogP contribution in [0.4, 0.5) is 0 Å². The van der Waals surface area contributed by atoms with Gasteiger partial charge in [0.25, 0.3) is 0 Å². The van der Waals surface area contributed by atoms with Crippen molar-refractivity contribution in [2.75, 3.05) is 13.1 Å². The van der Waals surface area contributed by atoms with Gasteiger partial charge in [-0.25, -0.2) is 0 Å². The summed E-state index contributed by atoms with van der Waals surface area (Å²) in [5, 5.41) is 6.28. The van der Waals surface area contributed by atoms with E-state index in [1.807, 2.05) is 0 Å². The molecule has 0 rings (SSSR count). The summed E-state index contributed by atoms with van der Waals surface area (Å²) in [5.41, 5.74) is 0. The predicted octanol–water partition coefficient (Wildman–Crippen LogP) is 2.43. The highest BCUT2D eigenvalue weighted by molar-refractivity contribution is 4.85. The van der Waals surface area contributed by atoms with Crippen molar-refractivity contribution in [3.05, 3.63) is 37.7 Å². The number of hydrogen-bond acceptors (Lipinski definition) is 2. The maximum atomic E-state index is 3.64. The second-order valence-corrected chi connectivity index (χ2v) is 3.21. The first kappa shape index (κ1) is 12.8. The molecule has 2 nitrogen and oxygen atoms in total. The van der Waals surface area contributed by atoms with Gasteiger partial charge in [-0.15, -0.1) is 0 Å². The summed E-state index contributed by atoms with van der Waals surface area (Å²) in [6.45, 7) is 11.3. The van der Waals surface area contributed by atoms with Crippen molar-refractivity contribution in [1.29, 1.82) is 0 Å². The quantitative estimate of drug-likeness (QED) is 0.551. The Morgan fingerprint density at radius 2 is 1.64 bits per heavy atom. The monoisotopic (exact) mass is 194 g/mol. The van der Waals surface area contributed by atoms with E-state index in [0.29, 0.717) is 5.92 Å². The highest BCUT2D eigenvalue weighted by atomic mass is 14.9. The summed E-state index contributed by atoms with van der Waals surface area (Å²) in [4.78, 5) is 0. The van der Waals surface area contributed by atoms with Gasteiger partial charge in [0.2, 0.25) is 0 Å². The maximum absolute atomic E-state index is 3.64. The van der Waals surface area contributed by atoms with Crippen molar-refractivity contribution >= 4 is 0 Å². The normalized spacial score (nSPS) is 10.4. The molecule has 0 spiro atoms. The predicted molar refractivity (Wildman–Crippen MR) is 63.9 cm³/mol. The smallest absolute Gasteiger partial charge is 0.0189 e. The zero-order valence-corrected chi connectivity index (χ0v) is 9.13. The first-order valence-corrected chi connectivity index (χ1v) is 5.18. The Balaban J connectivity index is 3.76. The Hall–Kier alpha value is -1.18. The van der Waals surface area contributed by atoms with Crippen molar-refractivity contribution in [3.63, 3.8) is 0 Å².